The van der Waals surface area contributed by atoms with Crippen molar-refractivity contribution < 1.29 is 24.5 Å². The van der Waals surface area contributed by atoms with E-state index in [0.717, 1.165) is 11.3 Å². The minimum absolute atomic E-state index is 0. The molecular weight excluding hydrogens is 326 g/mol. The minimum Gasteiger partial charge on any atom is -0.492 e. The summed E-state index contributed by atoms with van der Waals surface area (Å²) in [5.74, 6) is 0.859. The van der Waals surface area contributed by atoms with Gasteiger partial charge in [-0.2, -0.15) is 24.6 Å². The summed E-state index contributed by atoms with van der Waals surface area (Å²) < 4.78 is 5.26. The van der Waals surface area contributed by atoms with Gasteiger partial charge >= 0.3 is 19.8 Å². The molecule has 1 nitrogen and oxygen atoms in total. The van der Waals surface area contributed by atoms with E-state index in [1.54, 1.807) is 6.08 Å². The molecule has 0 fully saturated rings. The van der Waals surface area contributed by atoms with Gasteiger partial charge in [0.25, 0.3) is 0 Å². The molecule has 0 aliphatic heterocycles. The van der Waals surface area contributed by atoms with Crippen LogP contribution in [0.25, 0.3) is 0 Å². The van der Waals surface area contributed by atoms with Gasteiger partial charge in [-0.1, -0.05) is 24.8 Å². The summed E-state index contributed by atoms with van der Waals surface area (Å²) in [6.07, 6.45) is 1.72. The predicted molar refractivity (Wildman–Crippen MR) is 46.6 cm³/mol. The molecule has 0 saturated carbocycles. The first kappa shape index (κ1) is 11.3. The smallest absolute Gasteiger partial charge is 0.492 e. The van der Waals surface area contributed by atoms with Crippen LogP contribution >= 0.6 is 0 Å². The number of benzene rings is 1. The van der Waals surface area contributed by atoms with E-state index < -0.39 is 0 Å². The Morgan fingerprint density at radius 2 is 1.92 bits per heavy atom. The maximum atomic E-state index is 5.26. The van der Waals surface area contributed by atoms with Crippen molar-refractivity contribution in [2.45, 2.75) is 0 Å². The van der Waals surface area contributed by atoms with Crippen molar-refractivity contribution in [1.82, 2.24) is 0 Å². The minimum atomic E-state index is 0. The summed E-state index contributed by atoms with van der Waals surface area (Å²) in [5, 5.41) is 0. The Labute approximate surface area is 86.5 Å². The SMILES string of the molecule is C=CCOc1ccc([CH2-])cc1.[Os+]. The number of hydrogen-bond donors (Lipinski definition) is 0. The molecule has 0 N–H and O–H groups in total. The normalized spacial score (nSPS) is 8.33. The van der Waals surface area contributed by atoms with Crippen molar-refractivity contribution in [3.63, 3.8) is 0 Å². The first-order valence-corrected chi connectivity index (χ1v) is 3.48. The first-order chi connectivity index (χ1) is 5.33. The van der Waals surface area contributed by atoms with Crippen LogP contribution in [-0.2, 0) is 19.8 Å². The van der Waals surface area contributed by atoms with E-state index in [9.17, 15) is 0 Å². The van der Waals surface area contributed by atoms with E-state index in [2.05, 4.69) is 13.5 Å². The van der Waals surface area contributed by atoms with Gasteiger partial charge in [0.15, 0.2) is 0 Å². The third kappa shape index (κ3) is 3.60. The van der Waals surface area contributed by atoms with Crippen LogP contribution in [0.1, 0.15) is 5.56 Å². The molecule has 0 bridgehead atoms. The van der Waals surface area contributed by atoms with Crippen LogP contribution in [0.3, 0.4) is 0 Å². The Balaban J connectivity index is 0.00000121. The van der Waals surface area contributed by atoms with Crippen molar-refractivity contribution >= 4 is 0 Å². The van der Waals surface area contributed by atoms with Crippen molar-refractivity contribution in [1.29, 1.82) is 0 Å². The molecule has 1 radical (unpaired) electrons. The van der Waals surface area contributed by atoms with E-state index in [4.69, 9.17) is 4.74 Å². The van der Waals surface area contributed by atoms with Gasteiger partial charge in [-0.05, 0) is 0 Å². The van der Waals surface area contributed by atoms with Crippen LogP contribution < -0.4 is 4.74 Å². The van der Waals surface area contributed by atoms with Gasteiger partial charge in [0.2, 0.25) is 0 Å². The summed E-state index contributed by atoms with van der Waals surface area (Å²) in [5.41, 5.74) is 0.996. The van der Waals surface area contributed by atoms with Gasteiger partial charge in [-0.25, -0.2) is 0 Å². The summed E-state index contributed by atoms with van der Waals surface area (Å²) in [6, 6.07) is 7.62. The summed E-state index contributed by atoms with van der Waals surface area (Å²) >= 11 is 0. The monoisotopic (exact) mass is 339 g/mol. The quantitative estimate of drug-likeness (QED) is 0.608. The van der Waals surface area contributed by atoms with Crippen LogP contribution in [0.4, 0.5) is 0 Å². The van der Waals surface area contributed by atoms with E-state index >= 15 is 0 Å². The molecule has 0 heterocycles. The molecule has 1 aromatic rings. The zero-order valence-electron chi connectivity index (χ0n) is 6.77. The van der Waals surface area contributed by atoms with Crippen LogP contribution in [0.15, 0.2) is 36.9 Å². The maximum absolute atomic E-state index is 5.26. The topological polar surface area (TPSA) is 9.23 Å². The summed E-state index contributed by atoms with van der Waals surface area (Å²) in [6.45, 7) is 7.87. The van der Waals surface area contributed by atoms with Gasteiger partial charge in [0, 0.05) is 0 Å². The van der Waals surface area contributed by atoms with E-state index in [1.807, 2.05) is 24.3 Å². The van der Waals surface area contributed by atoms with Crippen LogP contribution in [-0.4, -0.2) is 6.61 Å². The molecule has 0 aliphatic carbocycles. The molecule has 12 heavy (non-hydrogen) atoms. The molecular formula is C10H11OOs. The molecule has 1 aromatic carbocycles. The fourth-order valence-corrected chi connectivity index (χ4v) is 0.741. The number of rotatable bonds is 3. The molecule has 0 aromatic heterocycles. The van der Waals surface area contributed by atoms with Crippen LogP contribution in [0.5, 0.6) is 5.75 Å². The van der Waals surface area contributed by atoms with Crippen molar-refractivity contribution in [3.8, 4) is 5.75 Å². The van der Waals surface area contributed by atoms with Crippen LogP contribution in [0, 0.1) is 6.92 Å². The van der Waals surface area contributed by atoms with Gasteiger partial charge in [-0.15, -0.1) is 0 Å². The third-order valence-corrected chi connectivity index (χ3v) is 1.29. The molecule has 0 saturated heterocycles. The zero-order valence-corrected chi connectivity index (χ0v) is 9.31. The van der Waals surface area contributed by atoms with E-state index in [-0.39, 0.29) is 19.8 Å². The van der Waals surface area contributed by atoms with Gasteiger partial charge < -0.3 is 4.74 Å². The van der Waals surface area contributed by atoms with Gasteiger partial charge in [-0.3, -0.25) is 0 Å². The average molecular weight is 337 g/mol. The second-order valence-corrected chi connectivity index (χ2v) is 2.24. The number of ether oxygens (including phenoxy) is 1. The van der Waals surface area contributed by atoms with Crippen molar-refractivity contribution in [2.24, 2.45) is 0 Å². The molecule has 2 heteroatoms. The fraction of sp³-hybridized carbons (Fsp3) is 0.100. The summed E-state index contributed by atoms with van der Waals surface area (Å²) in [7, 11) is 0. The Kier molecular flexibility index (Phi) is 5.50. The summed E-state index contributed by atoms with van der Waals surface area (Å²) in [4.78, 5) is 0. The molecule has 0 unspecified atom stereocenters. The van der Waals surface area contributed by atoms with Gasteiger partial charge in [0.1, 0.15) is 6.61 Å². The molecule has 0 aliphatic rings. The maximum Gasteiger partial charge on any atom is 1.00 e. The fourth-order valence-electron chi connectivity index (χ4n) is 0.741. The van der Waals surface area contributed by atoms with E-state index in [1.165, 1.54) is 0 Å². The Morgan fingerprint density at radius 3 is 2.42 bits per heavy atom. The largest absolute Gasteiger partial charge is 1.00 e. The molecule has 65 valence electrons. The second kappa shape index (κ2) is 5.86. The first-order valence-electron chi connectivity index (χ1n) is 3.48. The average Bonchev–Trinajstić information content (AvgIpc) is 2.04. The molecule has 0 atom stereocenters. The Hall–Kier alpha value is -0.734. The predicted octanol–water partition coefficient (Wildman–Crippen LogP) is 2.43. The van der Waals surface area contributed by atoms with Crippen molar-refractivity contribution in [2.75, 3.05) is 6.61 Å². The van der Waals surface area contributed by atoms with Crippen LogP contribution in [0.2, 0.25) is 0 Å². The molecule has 0 spiro atoms. The van der Waals surface area contributed by atoms with E-state index in [0.29, 0.717) is 6.61 Å². The second-order valence-electron chi connectivity index (χ2n) is 2.24. The zero-order chi connectivity index (χ0) is 8.10. The Bertz CT molecular complexity index is 228. The Morgan fingerprint density at radius 1 is 1.33 bits per heavy atom. The van der Waals surface area contributed by atoms with Crippen molar-refractivity contribution in [3.05, 3.63) is 49.4 Å². The van der Waals surface area contributed by atoms with Gasteiger partial charge in [0.05, 0.1) is 5.75 Å². The third-order valence-electron chi connectivity index (χ3n) is 1.29. The standard InChI is InChI=1S/C10H11O.Os/c1-3-8-11-10-6-4-9(2)5-7-10;/h3-7H,1-2,8H2;/q-1;+1. The number of hydrogen-bond acceptors (Lipinski definition) is 1. The molecule has 0 amide bonds. The molecule has 1 rings (SSSR count).